The summed E-state index contributed by atoms with van der Waals surface area (Å²) in [7, 11) is 0. The van der Waals surface area contributed by atoms with Crippen LogP contribution in [0, 0.1) is 17.6 Å². The van der Waals surface area contributed by atoms with Crippen molar-refractivity contribution in [3.63, 3.8) is 0 Å². The highest BCUT2D eigenvalue weighted by molar-refractivity contribution is 5.85. The van der Waals surface area contributed by atoms with Gasteiger partial charge in [0, 0.05) is 19.0 Å². The second-order valence-electron chi connectivity index (χ2n) is 5.65. The van der Waals surface area contributed by atoms with Crippen LogP contribution in [0.2, 0.25) is 0 Å². The zero-order valence-electron chi connectivity index (χ0n) is 12.1. The van der Waals surface area contributed by atoms with Crippen LogP contribution in [-0.4, -0.2) is 25.5 Å². The van der Waals surface area contributed by atoms with Crippen molar-refractivity contribution in [2.75, 3.05) is 19.6 Å². The van der Waals surface area contributed by atoms with Crippen LogP contribution in [-0.2, 0) is 4.79 Å². The Morgan fingerprint density at radius 3 is 2.91 bits per heavy atom. The van der Waals surface area contributed by atoms with Gasteiger partial charge in [0.15, 0.2) is 0 Å². The molecular weight excluding hydrogens is 310 g/mol. The van der Waals surface area contributed by atoms with Gasteiger partial charge < -0.3 is 10.6 Å². The molecule has 2 atom stereocenters. The molecule has 1 fully saturated rings. The largest absolute Gasteiger partial charge is 0.352 e. The lowest BCUT2D eigenvalue weighted by molar-refractivity contribution is -0.122. The van der Waals surface area contributed by atoms with Crippen LogP contribution in [0.1, 0.15) is 24.3 Å². The van der Waals surface area contributed by atoms with E-state index in [1.807, 2.05) is 0 Å². The van der Waals surface area contributed by atoms with Gasteiger partial charge in [-0.15, -0.1) is 12.4 Å². The van der Waals surface area contributed by atoms with Crippen LogP contribution >= 0.6 is 12.4 Å². The van der Waals surface area contributed by atoms with Gasteiger partial charge >= 0.3 is 0 Å². The Morgan fingerprint density at radius 2 is 2.18 bits per heavy atom. The van der Waals surface area contributed by atoms with E-state index in [1.54, 1.807) is 0 Å². The molecule has 22 heavy (non-hydrogen) atoms. The molecule has 1 aliphatic heterocycles. The smallest absolute Gasteiger partial charge is 0.224 e. The lowest BCUT2D eigenvalue weighted by Crippen LogP contribution is -2.30. The summed E-state index contributed by atoms with van der Waals surface area (Å²) in [6.45, 7) is 2.32. The van der Waals surface area contributed by atoms with E-state index in [2.05, 4.69) is 16.7 Å². The van der Waals surface area contributed by atoms with Gasteiger partial charge in [-0.1, -0.05) is 11.6 Å². The molecule has 1 heterocycles. The first-order valence-electron chi connectivity index (χ1n) is 7.26. The van der Waals surface area contributed by atoms with E-state index in [4.69, 9.17) is 0 Å². The highest BCUT2D eigenvalue weighted by atomic mass is 35.5. The molecule has 1 amide bonds. The summed E-state index contributed by atoms with van der Waals surface area (Å²) >= 11 is 0. The normalized spacial score (nSPS) is 23.3. The molecule has 1 aromatic rings. The summed E-state index contributed by atoms with van der Waals surface area (Å²) < 4.78 is 26.8. The van der Waals surface area contributed by atoms with Crippen molar-refractivity contribution in [3.8, 4) is 0 Å². The van der Waals surface area contributed by atoms with E-state index in [0.717, 1.165) is 31.6 Å². The predicted octanol–water partition coefficient (Wildman–Crippen LogP) is 2.53. The van der Waals surface area contributed by atoms with Crippen LogP contribution in [0.4, 0.5) is 8.78 Å². The van der Waals surface area contributed by atoms with Crippen molar-refractivity contribution < 1.29 is 13.6 Å². The van der Waals surface area contributed by atoms with E-state index >= 15 is 0 Å². The maximum atomic E-state index is 13.7. The van der Waals surface area contributed by atoms with E-state index in [0.29, 0.717) is 18.5 Å². The maximum absolute atomic E-state index is 13.7. The number of amides is 1. The number of hydrogen-bond donors (Lipinski definition) is 2. The lowest BCUT2D eigenvalue weighted by atomic mass is 10.1. The van der Waals surface area contributed by atoms with Gasteiger partial charge in [-0.3, -0.25) is 4.79 Å². The number of carbonyl (C=O) groups is 1. The number of carbonyl (C=O) groups excluding carboxylic acids is 1. The standard InChI is InChI=1S/C16H18F2N2O.ClH/c17-11-1-2-15(18)13(7-11)12-8-14(12)16(21)20-9-10-3-5-19-6-4-10;/h1-3,7,12,14,19H,4-6,8-9H2,(H,20,21);1H. The molecule has 0 aromatic heterocycles. The number of halogens is 3. The van der Waals surface area contributed by atoms with E-state index in [1.165, 1.54) is 11.6 Å². The molecule has 2 unspecified atom stereocenters. The molecule has 1 aromatic carbocycles. The first kappa shape index (κ1) is 16.9. The Hall–Kier alpha value is -1.46. The summed E-state index contributed by atoms with van der Waals surface area (Å²) in [5.41, 5.74) is 1.53. The Morgan fingerprint density at radius 1 is 1.36 bits per heavy atom. The molecule has 120 valence electrons. The van der Waals surface area contributed by atoms with Crippen molar-refractivity contribution in [1.82, 2.24) is 10.6 Å². The molecular formula is C16H19ClF2N2O. The third kappa shape index (κ3) is 3.84. The fraction of sp³-hybridized carbons (Fsp3) is 0.438. The summed E-state index contributed by atoms with van der Waals surface area (Å²) in [5.74, 6) is -1.38. The molecule has 0 radical (unpaired) electrons. The van der Waals surface area contributed by atoms with Crippen LogP contribution in [0.3, 0.4) is 0 Å². The van der Waals surface area contributed by atoms with E-state index < -0.39 is 11.6 Å². The lowest BCUT2D eigenvalue weighted by Gasteiger charge is -2.14. The van der Waals surface area contributed by atoms with Crippen molar-refractivity contribution in [2.24, 2.45) is 5.92 Å². The van der Waals surface area contributed by atoms with Crippen molar-refractivity contribution >= 4 is 18.3 Å². The molecule has 3 nitrogen and oxygen atoms in total. The molecule has 1 saturated carbocycles. The highest BCUT2D eigenvalue weighted by Gasteiger charge is 2.45. The Kier molecular flexibility index (Phi) is 5.53. The van der Waals surface area contributed by atoms with Gasteiger partial charge in [0.1, 0.15) is 11.6 Å². The summed E-state index contributed by atoms with van der Waals surface area (Å²) in [4.78, 5) is 12.1. The minimum absolute atomic E-state index is 0. The molecule has 0 spiro atoms. The second kappa shape index (κ2) is 7.20. The summed E-state index contributed by atoms with van der Waals surface area (Å²) in [6.07, 6.45) is 3.61. The van der Waals surface area contributed by atoms with Crippen LogP contribution in [0.5, 0.6) is 0 Å². The third-order valence-corrected chi connectivity index (χ3v) is 4.13. The minimum Gasteiger partial charge on any atom is -0.352 e. The van der Waals surface area contributed by atoms with Crippen LogP contribution in [0.15, 0.2) is 29.8 Å². The third-order valence-electron chi connectivity index (χ3n) is 4.13. The summed E-state index contributed by atoms with van der Waals surface area (Å²) in [5, 5.41) is 6.11. The average Bonchev–Trinajstić information content (AvgIpc) is 3.29. The fourth-order valence-electron chi connectivity index (χ4n) is 2.79. The maximum Gasteiger partial charge on any atom is 0.224 e. The van der Waals surface area contributed by atoms with Gasteiger partial charge in [0.25, 0.3) is 0 Å². The zero-order chi connectivity index (χ0) is 14.8. The number of hydrogen-bond acceptors (Lipinski definition) is 2. The van der Waals surface area contributed by atoms with E-state index in [9.17, 15) is 13.6 Å². The Labute approximate surface area is 134 Å². The quantitative estimate of drug-likeness (QED) is 0.834. The van der Waals surface area contributed by atoms with Crippen molar-refractivity contribution in [1.29, 1.82) is 0 Å². The first-order valence-corrected chi connectivity index (χ1v) is 7.26. The van der Waals surface area contributed by atoms with Gasteiger partial charge in [-0.2, -0.15) is 0 Å². The predicted molar refractivity (Wildman–Crippen MR) is 83.0 cm³/mol. The van der Waals surface area contributed by atoms with Crippen molar-refractivity contribution in [3.05, 3.63) is 47.0 Å². The Balaban J connectivity index is 0.00000176. The molecule has 0 saturated heterocycles. The second-order valence-corrected chi connectivity index (χ2v) is 5.65. The summed E-state index contributed by atoms with van der Waals surface area (Å²) in [6, 6.07) is 3.42. The monoisotopic (exact) mass is 328 g/mol. The van der Waals surface area contributed by atoms with Crippen molar-refractivity contribution in [2.45, 2.75) is 18.8 Å². The number of rotatable bonds is 4. The van der Waals surface area contributed by atoms with Gasteiger partial charge in [-0.05, 0) is 49.1 Å². The molecule has 2 aliphatic rings. The highest BCUT2D eigenvalue weighted by Crippen LogP contribution is 2.48. The number of benzene rings is 1. The molecule has 0 bridgehead atoms. The average molecular weight is 329 g/mol. The number of nitrogens with one attached hydrogen (secondary N) is 2. The fourth-order valence-corrected chi connectivity index (χ4v) is 2.79. The first-order chi connectivity index (χ1) is 10.1. The van der Waals surface area contributed by atoms with Gasteiger partial charge in [0.2, 0.25) is 5.91 Å². The Bertz CT molecular complexity index is 592. The van der Waals surface area contributed by atoms with Gasteiger partial charge in [0.05, 0.1) is 0 Å². The van der Waals surface area contributed by atoms with Gasteiger partial charge in [-0.25, -0.2) is 8.78 Å². The molecule has 3 rings (SSSR count). The van der Waals surface area contributed by atoms with Crippen LogP contribution in [0.25, 0.3) is 0 Å². The van der Waals surface area contributed by atoms with E-state index in [-0.39, 0.29) is 30.2 Å². The minimum atomic E-state index is -0.461. The SMILES string of the molecule is Cl.O=C(NCC1=CCNCC1)C1CC1c1cc(F)ccc1F. The molecule has 6 heteroatoms. The molecule has 2 N–H and O–H groups in total. The topological polar surface area (TPSA) is 41.1 Å². The zero-order valence-corrected chi connectivity index (χ0v) is 12.9. The van der Waals surface area contributed by atoms with Crippen LogP contribution < -0.4 is 10.6 Å². The molecule has 1 aliphatic carbocycles.